The van der Waals surface area contributed by atoms with Gasteiger partial charge in [-0.15, -0.1) is 0 Å². The topological polar surface area (TPSA) is 59.8 Å². The van der Waals surface area contributed by atoms with Crippen LogP contribution in [0.2, 0.25) is 0 Å². The highest BCUT2D eigenvalue weighted by Crippen LogP contribution is 2.39. The zero-order valence-corrected chi connectivity index (χ0v) is 15.9. The molecule has 1 unspecified atom stereocenters. The van der Waals surface area contributed by atoms with Crippen LogP contribution in [-0.4, -0.2) is 31.1 Å². The van der Waals surface area contributed by atoms with E-state index < -0.39 is 17.8 Å². The molecule has 6 heteroatoms. The lowest BCUT2D eigenvalue weighted by molar-refractivity contribution is 0.0661. The monoisotopic (exact) mass is 381 g/mol. The van der Waals surface area contributed by atoms with Crippen molar-refractivity contribution < 1.29 is 18.3 Å². The van der Waals surface area contributed by atoms with E-state index in [1.165, 1.54) is 18.1 Å². The molecule has 2 aromatic carbocycles. The van der Waals surface area contributed by atoms with Gasteiger partial charge in [0.05, 0.1) is 23.6 Å². The van der Waals surface area contributed by atoms with Crippen LogP contribution in [-0.2, 0) is 4.74 Å². The second-order valence-corrected chi connectivity index (χ2v) is 7.02. The van der Waals surface area contributed by atoms with Gasteiger partial charge in [-0.2, -0.15) is 0 Å². The Labute approximate surface area is 161 Å². The van der Waals surface area contributed by atoms with Gasteiger partial charge in [-0.1, -0.05) is 18.2 Å². The summed E-state index contributed by atoms with van der Waals surface area (Å²) in [5.41, 5.74) is 2.41. The van der Waals surface area contributed by atoms with Crippen molar-refractivity contribution in [3.05, 3.63) is 80.5 Å². The minimum absolute atomic E-state index is 0.0230. The molecule has 0 spiro atoms. The first-order chi connectivity index (χ1) is 13.4. The molecule has 0 radical (unpaired) electrons. The molecule has 144 valence electrons. The van der Waals surface area contributed by atoms with Gasteiger partial charge < -0.3 is 14.1 Å². The van der Waals surface area contributed by atoms with E-state index in [2.05, 4.69) is 0 Å². The van der Waals surface area contributed by atoms with Gasteiger partial charge in [-0.3, -0.25) is 9.59 Å². The van der Waals surface area contributed by atoms with Crippen LogP contribution in [0.15, 0.2) is 45.6 Å². The summed E-state index contributed by atoms with van der Waals surface area (Å²) in [5.74, 6) is -0.933. The molecule has 1 aromatic heterocycles. The minimum Gasteiger partial charge on any atom is -0.450 e. The lowest BCUT2D eigenvalue weighted by Crippen LogP contribution is -2.33. The summed E-state index contributed by atoms with van der Waals surface area (Å²) in [5, 5.41) is 0.393. The maximum absolute atomic E-state index is 14.6. The molecule has 0 saturated carbocycles. The summed E-state index contributed by atoms with van der Waals surface area (Å²) in [7, 11) is 1.52. The Morgan fingerprint density at radius 2 is 1.86 bits per heavy atom. The normalized spacial score (nSPS) is 16.1. The molecule has 3 aromatic rings. The first-order valence-electron chi connectivity index (χ1n) is 9.06. The average molecular weight is 381 g/mol. The van der Waals surface area contributed by atoms with Crippen molar-refractivity contribution in [2.75, 3.05) is 20.3 Å². The van der Waals surface area contributed by atoms with Crippen molar-refractivity contribution in [2.24, 2.45) is 0 Å². The van der Waals surface area contributed by atoms with Crippen LogP contribution < -0.4 is 5.43 Å². The number of aryl methyl sites for hydroxylation is 2. The summed E-state index contributed by atoms with van der Waals surface area (Å²) in [6.07, 6.45) is 0. The van der Waals surface area contributed by atoms with Crippen LogP contribution in [0.25, 0.3) is 11.0 Å². The van der Waals surface area contributed by atoms with Crippen LogP contribution in [0, 0.1) is 19.7 Å². The molecule has 2 heterocycles. The predicted octanol–water partition coefficient (Wildman–Crippen LogP) is 3.74. The first kappa shape index (κ1) is 18.4. The lowest BCUT2D eigenvalue weighted by Gasteiger charge is -2.25. The molecular formula is C22H20FNO4. The van der Waals surface area contributed by atoms with Crippen LogP contribution in [0.5, 0.6) is 0 Å². The fourth-order valence-corrected chi connectivity index (χ4v) is 3.72. The lowest BCUT2D eigenvalue weighted by atomic mass is 9.97. The Bertz CT molecular complexity index is 1150. The number of methoxy groups -OCH3 is 1. The van der Waals surface area contributed by atoms with Crippen LogP contribution in [0.1, 0.15) is 38.9 Å². The first-order valence-corrected chi connectivity index (χ1v) is 9.06. The number of rotatable bonds is 4. The smallest absolute Gasteiger partial charge is 0.290 e. The van der Waals surface area contributed by atoms with Crippen molar-refractivity contribution in [1.82, 2.24) is 4.90 Å². The number of fused-ring (bicyclic) bond motifs is 2. The molecule has 0 N–H and O–H groups in total. The van der Waals surface area contributed by atoms with Crippen LogP contribution >= 0.6 is 0 Å². The third kappa shape index (κ3) is 2.72. The standard InChI is InChI=1S/C22H20FNO4/c1-12-10-15-17(11-13(12)2)28-21-18(20(15)25)19(14-6-4-5-7-16(14)23)24(22(21)26)8-9-27-3/h4-7,10-11,19H,8-9H2,1-3H3. The molecule has 28 heavy (non-hydrogen) atoms. The Balaban J connectivity index is 2.02. The Morgan fingerprint density at radius 3 is 2.57 bits per heavy atom. The Morgan fingerprint density at radius 1 is 1.14 bits per heavy atom. The number of carbonyl (C=O) groups excluding carboxylic acids is 1. The molecule has 0 saturated heterocycles. The molecule has 5 nitrogen and oxygen atoms in total. The van der Waals surface area contributed by atoms with Gasteiger partial charge in [0, 0.05) is 19.2 Å². The molecule has 0 fully saturated rings. The summed E-state index contributed by atoms with van der Waals surface area (Å²) in [6.45, 7) is 4.30. The maximum atomic E-state index is 14.6. The number of hydrogen-bond donors (Lipinski definition) is 0. The van der Waals surface area contributed by atoms with Gasteiger partial charge in [0.25, 0.3) is 5.91 Å². The zero-order valence-electron chi connectivity index (χ0n) is 15.9. The third-order valence-corrected chi connectivity index (χ3v) is 5.32. The number of ether oxygens (including phenoxy) is 1. The van der Waals surface area contributed by atoms with E-state index in [1.54, 1.807) is 30.3 Å². The highest BCUT2D eigenvalue weighted by atomic mass is 19.1. The second kappa shape index (κ2) is 6.87. The quantitative estimate of drug-likeness (QED) is 0.691. The number of amides is 1. The fraction of sp³-hybridized carbons (Fsp3) is 0.273. The summed E-state index contributed by atoms with van der Waals surface area (Å²) >= 11 is 0. The van der Waals surface area contributed by atoms with Crippen molar-refractivity contribution >= 4 is 16.9 Å². The molecule has 0 aliphatic carbocycles. The van der Waals surface area contributed by atoms with Crippen molar-refractivity contribution in [3.63, 3.8) is 0 Å². The SMILES string of the molecule is COCCN1C(=O)c2oc3cc(C)c(C)cc3c(=O)c2C1c1ccccc1F. The molecule has 4 rings (SSSR count). The number of benzene rings is 2. The minimum atomic E-state index is -0.846. The highest BCUT2D eigenvalue weighted by molar-refractivity contribution is 5.99. The van der Waals surface area contributed by atoms with Gasteiger partial charge in [0.2, 0.25) is 5.76 Å². The van der Waals surface area contributed by atoms with Gasteiger partial charge in [0.1, 0.15) is 11.4 Å². The molecule has 1 aliphatic rings. The van der Waals surface area contributed by atoms with E-state index in [9.17, 15) is 14.0 Å². The van der Waals surface area contributed by atoms with Crippen molar-refractivity contribution in [2.45, 2.75) is 19.9 Å². The van der Waals surface area contributed by atoms with Crippen LogP contribution in [0.4, 0.5) is 4.39 Å². The van der Waals surface area contributed by atoms with Gasteiger partial charge >= 0.3 is 0 Å². The zero-order chi connectivity index (χ0) is 20.0. The van der Waals surface area contributed by atoms with E-state index >= 15 is 0 Å². The summed E-state index contributed by atoms with van der Waals surface area (Å²) in [4.78, 5) is 27.9. The Hall–Kier alpha value is -2.99. The Kier molecular flexibility index (Phi) is 4.51. The number of hydrogen-bond acceptors (Lipinski definition) is 4. The van der Waals surface area contributed by atoms with E-state index in [0.717, 1.165) is 11.1 Å². The third-order valence-electron chi connectivity index (χ3n) is 5.32. The van der Waals surface area contributed by atoms with E-state index in [-0.39, 0.29) is 35.5 Å². The predicted molar refractivity (Wildman–Crippen MR) is 103 cm³/mol. The van der Waals surface area contributed by atoms with E-state index in [0.29, 0.717) is 11.0 Å². The molecular weight excluding hydrogens is 361 g/mol. The number of nitrogens with zero attached hydrogens (tertiary/aromatic N) is 1. The van der Waals surface area contributed by atoms with Crippen molar-refractivity contribution in [1.29, 1.82) is 0 Å². The second-order valence-electron chi connectivity index (χ2n) is 7.02. The summed E-state index contributed by atoms with van der Waals surface area (Å²) < 4.78 is 25.6. The fourth-order valence-electron chi connectivity index (χ4n) is 3.72. The highest BCUT2D eigenvalue weighted by Gasteiger charge is 2.43. The van der Waals surface area contributed by atoms with Crippen molar-refractivity contribution in [3.8, 4) is 0 Å². The largest absolute Gasteiger partial charge is 0.450 e. The maximum Gasteiger partial charge on any atom is 0.290 e. The van der Waals surface area contributed by atoms with Crippen LogP contribution in [0.3, 0.4) is 0 Å². The number of halogens is 1. The van der Waals surface area contributed by atoms with E-state index in [4.69, 9.17) is 9.15 Å². The molecule has 1 amide bonds. The van der Waals surface area contributed by atoms with E-state index in [1.807, 2.05) is 13.8 Å². The van der Waals surface area contributed by atoms with Gasteiger partial charge in [0.15, 0.2) is 5.43 Å². The number of carbonyl (C=O) groups is 1. The molecule has 1 atom stereocenters. The molecule has 0 bridgehead atoms. The van der Waals surface area contributed by atoms with Gasteiger partial charge in [-0.05, 0) is 43.2 Å². The average Bonchev–Trinajstić information content (AvgIpc) is 2.94. The summed E-state index contributed by atoms with van der Waals surface area (Å²) in [6, 6.07) is 8.85. The molecule has 1 aliphatic heterocycles. The van der Waals surface area contributed by atoms with Gasteiger partial charge in [-0.25, -0.2) is 4.39 Å².